The first kappa shape index (κ1) is 28.5. The summed E-state index contributed by atoms with van der Waals surface area (Å²) < 4.78 is 17.9. The fourth-order valence-electron chi connectivity index (χ4n) is 4.88. The Labute approximate surface area is 240 Å². The number of nitrogens with one attached hydrogen (secondary N) is 1. The molecule has 3 heterocycles. The number of aromatic nitrogens is 2. The van der Waals surface area contributed by atoms with Crippen LogP contribution in [0.5, 0.6) is 11.5 Å². The van der Waals surface area contributed by atoms with E-state index in [-0.39, 0.29) is 12.6 Å². The summed E-state index contributed by atoms with van der Waals surface area (Å²) >= 11 is 0. The number of carbonyl (C=O) groups is 1. The van der Waals surface area contributed by atoms with E-state index in [9.17, 15) is 9.90 Å². The van der Waals surface area contributed by atoms with Gasteiger partial charge in [0.05, 0.1) is 19.3 Å². The monoisotopic (exact) mass is 559 g/mol. The third-order valence-corrected chi connectivity index (χ3v) is 7.20. The van der Waals surface area contributed by atoms with E-state index in [1.165, 1.54) is 4.90 Å². The fourth-order valence-corrected chi connectivity index (χ4v) is 4.88. The molecule has 41 heavy (non-hydrogen) atoms. The molecule has 2 aromatic carbocycles. The van der Waals surface area contributed by atoms with Crippen LogP contribution in [-0.2, 0) is 11.3 Å². The van der Waals surface area contributed by atoms with Gasteiger partial charge in [0.1, 0.15) is 23.9 Å². The molecule has 1 saturated heterocycles. The smallest absolute Gasteiger partial charge is 0.421 e. The molecule has 216 valence electrons. The van der Waals surface area contributed by atoms with Crippen molar-refractivity contribution in [2.45, 2.75) is 39.4 Å². The van der Waals surface area contributed by atoms with E-state index >= 15 is 0 Å². The summed E-state index contributed by atoms with van der Waals surface area (Å²) in [5.74, 6) is 2.06. The molecule has 2 aliphatic rings. The highest BCUT2D eigenvalue weighted by Gasteiger charge is 2.21. The first-order valence-electron chi connectivity index (χ1n) is 14.0. The number of piperidine rings is 1. The van der Waals surface area contributed by atoms with Crippen molar-refractivity contribution in [3.8, 4) is 11.5 Å². The average Bonchev–Trinajstić information content (AvgIpc) is 2.96. The van der Waals surface area contributed by atoms with E-state index in [1.54, 1.807) is 12.3 Å². The Bertz CT molecular complexity index is 1350. The van der Waals surface area contributed by atoms with Crippen molar-refractivity contribution in [2.24, 2.45) is 0 Å². The molecule has 2 N–H and O–H groups in total. The standard InChI is InChI=1S/C31H37N5O5/c1-22-6-5-7-23(2)29(22)41-31(38)36-14-3-4-18-39-21-24-20-25(33-30-32-13-10-28(36)34-30)8-9-27(24)40-19-17-35-15-11-26(37)12-16-35/h3-10,13,20,26,37H,11-12,14-19,21H2,1-2H3,(H,32,33,34)/b4-3+. The first-order chi connectivity index (χ1) is 20.0. The number of para-hydroxylation sites is 1. The van der Waals surface area contributed by atoms with Crippen LogP contribution in [0.25, 0.3) is 0 Å². The Morgan fingerprint density at radius 2 is 1.93 bits per heavy atom. The van der Waals surface area contributed by atoms with Crippen LogP contribution in [0.15, 0.2) is 60.8 Å². The zero-order valence-electron chi connectivity index (χ0n) is 23.6. The van der Waals surface area contributed by atoms with Crippen molar-refractivity contribution in [1.29, 1.82) is 0 Å². The second-order valence-electron chi connectivity index (χ2n) is 10.3. The fraction of sp³-hybridized carbons (Fsp3) is 0.387. The summed E-state index contributed by atoms with van der Waals surface area (Å²) in [6.07, 6.45) is 6.24. The van der Waals surface area contributed by atoms with Gasteiger partial charge in [-0.1, -0.05) is 30.4 Å². The van der Waals surface area contributed by atoms with Gasteiger partial charge in [0.25, 0.3) is 0 Å². The molecule has 0 unspecified atom stereocenters. The summed E-state index contributed by atoms with van der Waals surface area (Å²) in [4.78, 5) is 26.1. The van der Waals surface area contributed by atoms with E-state index in [2.05, 4.69) is 20.2 Å². The van der Waals surface area contributed by atoms with Gasteiger partial charge in [0.15, 0.2) is 0 Å². The number of aliphatic hydroxyl groups excluding tert-OH is 1. The zero-order valence-corrected chi connectivity index (χ0v) is 23.6. The van der Waals surface area contributed by atoms with Gasteiger partial charge < -0.3 is 24.6 Å². The summed E-state index contributed by atoms with van der Waals surface area (Å²) in [7, 11) is 0. The van der Waals surface area contributed by atoms with Crippen molar-refractivity contribution >= 4 is 23.5 Å². The maximum atomic E-state index is 13.3. The quantitative estimate of drug-likeness (QED) is 0.428. The number of aryl methyl sites for hydroxylation is 2. The lowest BCUT2D eigenvalue weighted by atomic mass is 10.1. The van der Waals surface area contributed by atoms with E-state index in [0.29, 0.717) is 37.3 Å². The molecular weight excluding hydrogens is 522 g/mol. The van der Waals surface area contributed by atoms with Crippen molar-refractivity contribution in [3.63, 3.8) is 0 Å². The second-order valence-corrected chi connectivity index (χ2v) is 10.3. The predicted octanol–water partition coefficient (Wildman–Crippen LogP) is 4.76. The number of nitrogens with zero attached hydrogens (tertiary/aromatic N) is 4. The maximum Gasteiger partial charge on any atom is 0.421 e. The third-order valence-electron chi connectivity index (χ3n) is 7.20. The normalized spacial score (nSPS) is 17.3. The molecule has 5 rings (SSSR count). The predicted molar refractivity (Wildman–Crippen MR) is 157 cm³/mol. The molecule has 1 aromatic heterocycles. The number of likely N-dealkylation sites (tertiary alicyclic amines) is 1. The van der Waals surface area contributed by atoms with Crippen molar-refractivity contribution in [1.82, 2.24) is 14.9 Å². The zero-order chi connectivity index (χ0) is 28.6. The minimum absolute atomic E-state index is 0.185. The summed E-state index contributed by atoms with van der Waals surface area (Å²) in [5, 5.41) is 13.0. The number of carbonyl (C=O) groups excluding carboxylic acids is 1. The van der Waals surface area contributed by atoms with Crippen LogP contribution in [0.1, 0.15) is 29.5 Å². The lowest BCUT2D eigenvalue weighted by Gasteiger charge is -2.29. The van der Waals surface area contributed by atoms with E-state index in [1.807, 2.05) is 62.4 Å². The van der Waals surface area contributed by atoms with Gasteiger partial charge in [-0.3, -0.25) is 9.80 Å². The number of anilines is 3. The summed E-state index contributed by atoms with van der Waals surface area (Å²) in [6.45, 7) is 7.91. The van der Waals surface area contributed by atoms with Gasteiger partial charge >= 0.3 is 6.09 Å². The van der Waals surface area contributed by atoms with Crippen LogP contribution in [-0.4, -0.2) is 71.6 Å². The third kappa shape index (κ3) is 7.60. The highest BCUT2D eigenvalue weighted by Crippen LogP contribution is 2.27. The molecule has 0 aliphatic carbocycles. The van der Waals surface area contributed by atoms with E-state index in [4.69, 9.17) is 14.2 Å². The SMILES string of the molecule is Cc1cccc(C)c1OC(=O)N1C/C=C/COCc2cc(ccc2OCCN2CCC(O)CC2)Nc2nccc1n2. The number of aliphatic hydroxyl groups is 1. The summed E-state index contributed by atoms with van der Waals surface area (Å²) in [6, 6.07) is 13.2. The molecular formula is C31H37N5O5. The van der Waals surface area contributed by atoms with Crippen molar-refractivity contribution in [2.75, 3.05) is 49.6 Å². The molecule has 0 spiro atoms. The van der Waals surface area contributed by atoms with Crippen LogP contribution < -0.4 is 19.7 Å². The van der Waals surface area contributed by atoms with Crippen LogP contribution >= 0.6 is 0 Å². The second kappa shape index (κ2) is 13.6. The van der Waals surface area contributed by atoms with Gasteiger partial charge in [-0.05, 0) is 62.1 Å². The number of hydrogen-bond acceptors (Lipinski definition) is 9. The largest absolute Gasteiger partial charge is 0.492 e. The molecule has 2 aliphatic heterocycles. The Morgan fingerprint density at radius 3 is 2.73 bits per heavy atom. The molecule has 0 radical (unpaired) electrons. The van der Waals surface area contributed by atoms with Crippen LogP contribution in [0.4, 0.5) is 22.2 Å². The highest BCUT2D eigenvalue weighted by atomic mass is 16.6. The number of rotatable bonds is 5. The lowest BCUT2D eigenvalue weighted by molar-refractivity contribution is 0.0750. The molecule has 0 atom stereocenters. The van der Waals surface area contributed by atoms with Crippen LogP contribution in [0.2, 0.25) is 0 Å². The molecule has 3 aromatic rings. The van der Waals surface area contributed by atoms with E-state index < -0.39 is 6.09 Å². The minimum Gasteiger partial charge on any atom is -0.492 e. The highest BCUT2D eigenvalue weighted by molar-refractivity contribution is 5.88. The molecule has 0 saturated carbocycles. The molecule has 1 fully saturated rings. The maximum absolute atomic E-state index is 13.3. The molecule has 4 bridgehead atoms. The first-order valence-corrected chi connectivity index (χ1v) is 14.0. The molecule has 1 amide bonds. The van der Waals surface area contributed by atoms with Crippen LogP contribution in [0.3, 0.4) is 0 Å². The van der Waals surface area contributed by atoms with Gasteiger partial charge in [0.2, 0.25) is 5.95 Å². The number of amides is 1. The molecule has 10 nitrogen and oxygen atoms in total. The number of ether oxygens (including phenoxy) is 3. The van der Waals surface area contributed by atoms with Crippen molar-refractivity contribution < 1.29 is 24.1 Å². The number of fused-ring (bicyclic) bond motifs is 4. The van der Waals surface area contributed by atoms with Gasteiger partial charge in [-0.15, -0.1) is 0 Å². The Balaban J connectivity index is 1.32. The topological polar surface area (TPSA) is 109 Å². The lowest BCUT2D eigenvalue weighted by Crippen LogP contribution is -2.38. The van der Waals surface area contributed by atoms with E-state index in [0.717, 1.165) is 60.6 Å². The Hall–Kier alpha value is -3.99. The summed E-state index contributed by atoms with van der Waals surface area (Å²) in [5.41, 5.74) is 3.44. The average molecular weight is 560 g/mol. The Kier molecular flexibility index (Phi) is 9.45. The minimum atomic E-state index is -0.533. The number of benzene rings is 2. The van der Waals surface area contributed by atoms with Gasteiger partial charge in [-0.25, -0.2) is 9.78 Å². The van der Waals surface area contributed by atoms with Crippen molar-refractivity contribution in [3.05, 3.63) is 77.5 Å². The molecule has 10 heteroatoms. The Morgan fingerprint density at radius 1 is 1.12 bits per heavy atom. The number of hydrogen-bond donors (Lipinski definition) is 2. The van der Waals surface area contributed by atoms with Gasteiger partial charge in [-0.2, -0.15) is 4.98 Å². The van der Waals surface area contributed by atoms with Gasteiger partial charge in [0, 0.05) is 43.6 Å². The van der Waals surface area contributed by atoms with Crippen LogP contribution in [0, 0.1) is 13.8 Å².